The lowest BCUT2D eigenvalue weighted by Crippen LogP contribution is -2.15. The monoisotopic (exact) mass is 209 g/mol. The van der Waals surface area contributed by atoms with Crippen molar-refractivity contribution in [3.8, 4) is 5.75 Å². The number of nitrogens with one attached hydrogen (secondary N) is 1. The lowest BCUT2D eigenvalue weighted by molar-refractivity contribution is 0.423. The van der Waals surface area contributed by atoms with Gasteiger partial charge in [-0.3, -0.25) is 0 Å². The van der Waals surface area contributed by atoms with Gasteiger partial charge in [0.2, 0.25) is 0 Å². The molecule has 82 valence electrons. The van der Waals surface area contributed by atoms with Gasteiger partial charge in [-0.15, -0.1) is 0 Å². The molecule has 0 spiro atoms. The van der Waals surface area contributed by atoms with E-state index in [4.69, 9.17) is 0 Å². The lowest BCUT2D eigenvalue weighted by Gasteiger charge is -2.06. The van der Waals surface area contributed by atoms with E-state index in [1.807, 2.05) is 0 Å². The second-order valence-corrected chi connectivity index (χ2v) is 4.16. The molecule has 15 heavy (non-hydrogen) atoms. The Morgan fingerprint density at radius 1 is 1.40 bits per heavy atom. The molecule has 2 N–H and O–H groups in total. The smallest absolute Gasteiger partial charge is 0.165 e. The number of hydrogen-bond donors (Lipinski definition) is 2. The Morgan fingerprint density at radius 3 is 2.93 bits per heavy atom. The van der Waals surface area contributed by atoms with Crippen LogP contribution in [0.3, 0.4) is 0 Å². The highest BCUT2D eigenvalue weighted by Crippen LogP contribution is 2.31. The molecule has 1 aromatic carbocycles. The van der Waals surface area contributed by atoms with Gasteiger partial charge in [-0.1, -0.05) is 25.0 Å². The molecular weight excluding hydrogens is 193 g/mol. The molecule has 1 saturated carbocycles. The van der Waals surface area contributed by atoms with Gasteiger partial charge in [-0.25, -0.2) is 4.39 Å². The van der Waals surface area contributed by atoms with Crippen LogP contribution in [0.2, 0.25) is 0 Å². The van der Waals surface area contributed by atoms with Gasteiger partial charge in [0.15, 0.2) is 11.6 Å². The number of para-hydroxylation sites is 1. The van der Waals surface area contributed by atoms with Crippen LogP contribution in [0.5, 0.6) is 5.75 Å². The van der Waals surface area contributed by atoms with Crippen LogP contribution < -0.4 is 5.32 Å². The molecule has 0 saturated heterocycles. The standard InChI is InChI=1S/C12H16FNO/c13-11-3-1-2-10(12(11)15)8-14-7-6-9-4-5-9/h1-3,9,14-15H,4-8H2. The first-order valence-electron chi connectivity index (χ1n) is 5.44. The molecule has 0 unspecified atom stereocenters. The fourth-order valence-corrected chi connectivity index (χ4v) is 1.64. The van der Waals surface area contributed by atoms with Crippen LogP contribution in [0.1, 0.15) is 24.8 Å². The average Bonchev–Trinajstić information content (AvgIpc) is 3.02. The minimum atomic E-state index is -0.545. The van der Waals surface area contributed by atoms with E-state index in [0.717, 1.165) is 12.5 Å². The maximum absolute atomic E-state index is 12.9. The number of phenolic OH excluding ortho intramolecular Hbond substituents is 1. The van der Waals surface area contributed by atoms with E-state index < -0.39 is 5.82 Å². The van der Waals surface area contributed by atoms with Gasteiger partial charge < -0.3 is 10.4 Å². The summed E-state index contributed by atoms with van der Waals surface area (Å²) in [5, 5.41) is 12.6. The average molecular weight is 209 g/mol. The van der Waals surface area contributed by atoms with Gasteiger partial charge in [0.25, 0.3) is 0 Å². The summed E-state index contributed by atoms with van der Waals surface area (Å²) in [5.41, 5.74) is 0.630. The van der Waals surface area contributed by atoms with Gasteiger partial charge in [0, 0.05) is 12.1 Å². The number of halogens is 1. The predicted molar refractivity (Wildman–Crippen MR) is 57.1 cm³/mol. The first kappa shape index (κ1) is 10.4. The summed E-state index contributed by atoms with van der Waals surface area (Å²) in [6.45, 7) is 1.48. The Kier molecular flexibility index (Phi) is 3.21. The molecule has 2 nitrogen and oxygen atoms in total. The van der Waals surface area contributed by atoms with Crippen molar-refractivity contribution < 1.29 is 9.50 Å². The van der Waals surface area contributed by atoms with E-state index in [2.05, 4.69) is 5.32 Å². The maximum atomic E-state index is 12.9. The van der Waals surface area contributed by atoms with Gasteiger partial charge in [0.05, 0.1) is 0 Å². The van der Waals surface area contributed by atoms with Gasteiger partial charge in [-0.05, 0) is 24.9 Å². The fourth-order valence-electron chi connectivity index (χ4n) is 1.64. The zero-order valence-corrected chi connectivity index (χ0v) is 8.67. The summed E-state index contributed by atoms with van der Waals surface area (Å²) >= 11 is 0. The van der Waals surface area contributed by atoms with Crippen molar-refractivity contribution in [1.29, 1.82) is 0 Å². The number of rotatable bonds is 5. The van der Waals surface area contributed by atoms with E-state index in [-0.39, 0.29) is 5.75 Å². The second-order valence-electron chi connectivity index (χ2n) is 4.16. The van der Waals surface area contributed by atoms with Crippen molar-refractivity contribution in [1.82, 2.24) is 5.32 Å². The van der Waals surface area contributed by atoms with Crippen molar-refractivity contribution in [3.05, 3.63) is 29.6 Å². The molecule has 1 aliphatic rings. The van der Waals surface area contributed by atoms with E-state index in [1.54, 1.807) is 12.1 Å². The number of phenols is 1. The van der Waals surface area contributed by atoms with Crippen molar-refractivity contribution in [2.75, 3.05) is 6.54 Å². The van der Waals surface area contributed by atoms with Crippen LogP contribution in [0, 0.1) is 11.7 Å². The summed E-state index contributed by atoms with van der Waals surface area (Å²) < 4.78 is 12.9. The molecule has 1 fully saturated rings. The minimum Gasteiger partial charge on any atom is -0.505 e. The SMILES string of the molecule is Oc1c(F)cccc1CNCCC1CC1. The van der Waals surface area contributed by atoms with Crippen molar-refractivity contribution >= 4 is 0 Å². The summed E-state index contributed by atoms with van der Waals surface area (Å²) in [6.07, 6.45) is 3.90. The highest BCUT2D eigenvalue weighted by atomic mass is 19.1. The maximum Gasteiger partial charge on any atom is 0.165 e. The lowest BCUT2D eigenvalue weighted by atomic mass is 10.2. The van der Waals surface area contributed by atoms with E-state index in [9.17, 15) is 9.50 Å². The summed E-state index contributed by atoms with van der Waals surface area (Å²) in [6, 6.07) is 4.62. The molecule has 0 radical (unpaired) electrons. The van der Waals surface area contributed by atoms with Crippen LogP contribution in [-0.2, 0) is 6.54 Å². The van der Waals surface area contributed by atoms with Crippen molar-refractivity contribution in [2.45, 2.75) is 25.8 Å². The highest BCUT2D eigenvalue weighted by molar-refractivity contribution is 5.33. The molecule has 0 atom stereocenters. The second kappa shape index (κ2) is 4.62. The third kappa shape index (κ3) is 2.93. The number of hydrogen-bond acceptors (Lipinski definition) is 2. The van der Waals surface area contributed by atoms with Crippen LogP contribution >= 0.6 is 0 Å². The molecule has 1 aromatic rings. The molecule has 2 rings (SSSR count). The summed E-state index contributed by atoms with van der Waals surface area (Å²) in [7, 11) is 0. The van der Waals surface area contributed by atoms with Crippen LogP contribution in [0.4, 0.5) is 4.39 Å². The molecule has 1 aliphatic carbocycles. The fraction of sp³-hybridized carbons (Fsp3) is 0.500. The third-order valence-electron chi connectivity index (χ3n) is 2.81. The van der Waals surface area contributed by atoms with Crippen LogP contribution in [0.25, 0.3) is 0 Å². The van der Waals surface area contributed by atoms with Gasteiger partial charge in [-0.2, -0.15) is 0 Å². The highest BCUT2D eigenvalue weighted by Gasteiger charge is 2.20. The largest absolute Gasteiger partial charge is 0.505 e. The summed E-state index contributed by atoms with van der Waals surface area (Å²) in [5.74, 6) is 0.131. The van der Waals surface area contributed by atoms with Gasteiger partial charge >= 0.3 is 0 Å². The minimum absolute atomic E-state index is 0.226. The van der Waals surface area contributed by atoms with E-state index in [0.29, 0.717) is 12.1 Å². The Morgan fingerprint density at radius 2 is 2.20 bits per heavy atom. The quantitative estimate of drug-likeness (QED) is 0.730. The van der Waals surface area contributed by atoms with E-state index >= 15 is 0 Å². The zero-order chi connectivity index (χ0) is 10.7. The Balaban J connectivity index is 1.78. The van der Waals surface area contributed by atoms with Crippen molar-refractivity contribution in [2.24, 2.45) is 5.92 Å². The molecule has 0 heterocycles. The first-order valence-corrected chi connectivity index (χ1v) is 5.44. The van der Waals surface area contributed by atoms with Gasteiger partial charge in [0.1, 0.15) is 0 Å². The molecule has 0 amide bonds. The molecule has 0 aromatic heterocycles. The molecular formula is C12H16FNO. The molecule has 3 heteroatoms. The zero-order valence-electron chi connectivity index (χ0n) is 8.67. The van der Waals surface area contributed by atoms with Crippen molar-refractivity contribution in [3.63, 3.8) is 0 Å². The van der Waals surface area contributed by atoms with Crippen LogP contribution in [0.15, 0.2) is 18.2 Å². The van der Waals surface area contributed by atoms with Crippen LogP contribution in [-0.4, -0.2) is 11.7 Å². The molecule has 0 bridgehead atoms. The third-order valence-corrected chi connectivity index (χ3v) is 2.81. The number of aromatic hydroxyl groups is 1. The topological polar surface area (TPSA) is 32.3 Å². The number of benzene rings is 1. The first-order chi connectivity index (χ1) is 7.27. The Labute approximate surface area is 89.1 Å². The summed E-state index contributed by atoms with van der Waals surface area (Å²) in [4.78, 5) is 0. The predicted octanol–water partition coefficient (Wildman–Crippen LogP) is 2.42. The Hall–Kier alpha value is -1.09. The van der Waals surface area contributed by atoms with E-state index in [1.165, 1.54) is 25.3 Å². The molecule has 0 aliphatic heterocycles. The Bertz CT molecular complexity index is 336. The normalized spacial score (nSPS) is 15.5.